The van der Waals surface area contributed by atoms with E-state index in [0.29, 0.717) is 21.9 Å². The van der Waals surface area contributed by atoms with Gasteiger partial charge >= 0.3 is 0 Å². The van der Waals surface area contributed by atoms with Crippen LogP contribution in [0.25, 0.3) is 11.3 Å². The van der Waals surface area contributed by atoms with Crippen LogP contribution < -0.4 is 5.32 Å². The average molecular weight is 303 g/mol. The van der Waals surface area contributed by atoms with Gasteiger partial charge in [0.1, 0.15) is 16.5 Å². The molecule has 1 N–H and O–H groups in total. The van der Waals surface area contributed by atoms with E-state index in [1.54, 1.807) is 25.1 Å². The van der Waals surface area contributed by atoms with E-state index in [0.717, 1.165) is 11.5 Å². The van der Waals surface area contributed by atoms with E-state index in [9.17, 15) is 9.18 Å². The van der Waals surface area contributed by atoms with Crippen molar-refractivity contribution in [2.45, 2.75) is 6.92 Å². The molecule has 0 aliphatic heterocycles. The van der Waals surface area contributed by atoms with Crippen molar-refractivity contribution in [2.75, 3.05) is 5.32 Å². The monoisotopic (exact) mass is 303 g/mol. The molecular weight excluding hydrogens is 293 g/mol. The lowest BCUT2D eigenvalue weighted by Crippen LogP contribution is -2.12. The molecule has 0 saturated carbocycles. The summed E-state index contributed by atoms with van der Waals surface area (Å²) in [7, 11) is 0. The third kappa shape index (κ3) is 2.68. The molecule has 106 valence electrons. The number of aromatic nitrogens is 2. The molecule has 0 aliphatic rings. The summed E-state index contributed by atoms with van der Waals surface area (Å²) >= 11 is 0.971. The lowest BCUT2D eigenvalue weighted by atomic mass is 10.1. The van der Waals surface area contributed by atoms with E-state index in [2.05, 4.69) is 14.9 Å². The number of carbonyl (C=O) groups is 1. The highest BCUT2D eigenvalue weighted by Crippen LogP contribution is 2.26. The van der Waals surface area contributed by atoms with Gasteiger partial charge < -0.3 is 9.73 Å². The summed E-state index contributed by atoms with van der Waals surface area (Å²) in [5, 5.41) is 6.29. The molecule has 0 radical (unpaired) electrons. The Morgan fingerprint density at radius 2 is 2.24 bits per heavy atom. The van der Waals surface area contributed by atoms with Crippen LogP contribution in [0.1, 0.15) is 15.4 Å². The Labute approximate surface area is 123 Å². The number of nitrogens with one attached hydrogen (secondary N) is 1. The van der Waals surface area contributed by atoms with E-state index in [4.69, 9.17) is 4.42 Å². The number of carbonyl (C=O) groups excluding carboxylic acids is 1. The normalized spacial score (nSPS) is 10.6. The molecule has 2 heterocycles. The number of nitrogens with zero attached hydrogens (tertiary/aromatic N) is 2. The second-order valence-corrected chi connectivity index (χ2v) is 5.07. The van der Waals surface area contributed by atoms with Crippen molar-refractivity contribution >= 4 is 23.1 Å². The van der Waals surface area contributed by atoms with Crippen molar-refractivity contribution in [3.63, 3.8) is 0 Å². The Hall–Kier alpha value is -2.54. The number of aryl methyl sites for hydroxylation is 1. The molecule has 0 aliphatic carbocycles. The highest BCUT2D eigenvalue weighted by Gasteiger charge is 2.16. The van der Waals surface area contributed by atoms with Crippen molar-refractivity contribution in [3.8, 4) is 11.3 Å². The van der Waals surface area contributed by atoms with E-state index in [1.165, 1.54) is 18.4 Å². The minimum atomic E-state index is -0.520. The molecule has 3 rings (SSSR count). The highest BCUT2D eigenvalue weighted by molar-refractivity contribution is 7.08. The molecule has 0 saturated heterocycles. The first-order valence-corrected chi connectivity index (χ1v) is 6.86. The van der Waals surface area contributed by atoms with Crippen LogP contribution in [-0.2, 0) is 0 Å². The Bertz CT molecular complexity index is 783. The van der Waals surface area contributed by atoms with Gasteiger partial charge in [-0.15, -0.1) is 5.10 Å². The molecule has 3 aromatic rings. The second-order valence-electron chi connectivity index (χ2n) is 4.31. The minimum Gasteiger partial charge on any atom is -0.464 e. The van der Waals surface area contributed by atoms with Gasteiger partial charge in [0.15, 0.2) is 0 Å². The van der Waals surface area contributed by atoms with Crippen molar-refractivity contribution in [3.05, 3.63) is 53.0 Å². The maximum atomic E-state index is 13.8. The number of benzene rings is 1. The molecule has 0 unspecified atom stereocenters. The summed E-state index contributed by atoms with van der Waals surface area (Å²) in [6.07, 6.45) is 1.53. The van der Waals surface area contributed by atoms with E-state index >= 15 is 0 Å². The lowest BCUT2D eigenvalue weighted by molar-refractivity contribution is 0.102. The number of anilines is 1. The fraction of sp³-hybridized carbons (Fsp3) is 0.0714. The van der Waals surface area contributed by atoms with Crippen molar-refractivity contribution < 1.29 is 13.6 Å². The zero-order chi connectivity index (χ0) is 14.8. The van der Waals surface area contributed by atoms with E-state index in [1.807, 2.05) is 0 Å². The predicted octanol–water partition coefficient (Wildman–Crippen LogP) is 3.50. The maximum Gasteiger partial charge on any atom is 0.269 e. The maximum absolute atomic E-state index is 13.8. The Balaban J connectivity index is 1.90. The number of hydrogen-bond acceptors (Lipinski definition) is 5. The summed E-state index contributed by atoms with van der Waals surface area (Å²) in [5.74, 6) is -0.354. The van der Waals surface area contributed by atoms with Gasteiger partial charge in [0.2, 0.25) is 0 Å². The Morgan fingerprint density at radius 1 is 1.38 bits per heavy atom. The highest BCUT2D eigenvalue weighted by atomic mass is 32.1. The molecule has 7 heteroatoms. The zero-order valence-corrected chi connectivity index (χ0v) is 11.8. The molecule has 0 fully saturated rings. The molecule has 1 aromatic carbocycles. The number of halogens is 1. The molecule has 1 amide bonds. The largest absolute Gasteiger partial charge is 0.464 e. The Kier molecular flexibility index (Phi) is 3.49. The predicted molar refractivity (Wildman–Crippen MR) is 76.7 cm³/mol. The number of hydrogen-bond donors (Lipinski definition) is 1. The van der Waals surface area contributed by atoms with Gasteiger partial charge in [-0.05, 0) is 48.8 Å². The van der Waals surface area contributed by atoms with Crippen LogP contribution >= 0.6 is 11.5 Å². The fourth-order valence-electron chi connectivity index (χ4n) is 1.84. The standard InChI is InChI=1S/C14H10FN3O2S/c1-8-13(21-18-17-8)14(19)16-11-7-9(4-5-10(11)15)12-3-2-6-20-12/h2-7H,1H3,(H,16,19). The number of amides is 1. The molecule has 0 atom stereocenters. The van der Waals surface area contributed by atoms with Crippen LogP contribution in [0.4, 0.5) is 10.1 Å². The first kappa shape index (κ1) is 13.4. The third-order valence-corrected chi connectivity index (χ3v) is 3.70. The van der Waals surface area contributed by atoms with Gasteiger partial charge in [-0.25, -0.2) is 4.39 Å². The van der Waals surface area contributed by atoms with Crippen molar-refractivity contribution in [1.29, 1.82) is 0 Å². The Morgan fingerprint density at radius 3 is 2.90 bits per heavy atom. The molecule has 0 spiro atoms. The smallest absolute Gasteiger partial charge is 0.269 e. The van der Waals surface area contributed by atoms with Gasteiger partial charge in [-0.2, -0.15) is 0 Å². The van der Waals surface area contributed by atoms with Gasteiger partial charge in [0, 0.05) is 5.56 Å². The molecular formula is C14H10FN3O2S. The van der Waals surface area contributed by atoms with Crippen LogP contribution in [0.5, 0.6) is 0 Å². The fourth-order valence-corrected chi connectivity index (χ4v) is 2.39. The number of furan rings is 1. The van der Waals surface area contributed by atoms with Crippen molar-refractivity contribution in [1.82, 2.24) is 9.59 Å². The van der Waals surface area contributed by atoms with Crippen LogP contribution in [0.2, 0.25) is 0 Å². The lowest BCUT2D eigenvalue weighted by Gasteiger charge is -2.07. The summed E-state index contributed by atoms with van der Waals surface area (Å²) in [6, 6.07) is 7.89. The van der Waals surface area contributed by atoms with Crippen LogP contribution in [0.3, 0.4) is 0 Å². The molecule has 2 aromatic heterocycles. The van der Waals surface area contributed by atoms with Crippen LogP contribution in [0, 0.1) is 12.7 Å². The van der Waals surface area contributed by atoms with Crippen LogP contribution in [0.15, 0.2) is 41.0 Å². The topological polar surface area (TPSA) is 68.0 Å². The zero-order valence-electron chi connectivity index (χ0n) is 11.0. The van der Waals surface area contributed by atoms with Gasteiger partial charge in [-0.3, -0.25) is 4.79 Å². The summed E-state index contributed by atoms with van der Waals surface area (Å²) in [5.41, 5.74) is 1.28. The van der Waals surface area contributed by atoms with Gasteiger partial charge in [0.05, 0.1) is 17.6 Å². The van der Waals surface area contributed by atoms with E-state index < -0.39 is 11.7 Å². The molecule has 5 nitrogen and oxygen atoms in total. The van der Waals surface area contributed by atoms with Gasteiger partial charge in [0.25, 0.3) is 5.91 Å². The summed E-state index contributed by atoms with van der Waals surface area (Å²) in [6.45, 7) is 1.67. The molecule has 21 heavy (non-hydrogen) atoms. The van der Waals surface area contributed by atoms with Gasteiger partial charge in [-0.1, -0.05) is 4.49 Å². The first-order chi connectivity index (χ1) is 10.1. The summed E-state index contributed by atoms with van der Waals surface area (Å²) in [4.78, 5) is 12.4. The number of rotatable bonds is 3. The molecule has 0 bridgehead atoms. The van der Waals surface area contributed by atoms with Crippen LogP contribution in [-0.4, -0.2) is 15.5 Å². The average Bonchev–Trinajstić information content (AvgIpc) is 3.12. The second kappa shape index (κ2) is 5.45. The SMILES string of the molecule is Cc1nnsc1C(=O)Nc1cc(-c2ccco2)ccc1F. The third-order valence-electron chi connectivity index (χ3n) is 2.88. The van der Waals surface area contributed by atoms with Crippen molar-refractivity contribution in [2.24, 2.45) is 0 Å². The van der Waals surface area contributed by atoms with E-state index in [-0.39, 0.29) is 5.69 Å². The quantitative estimate of drug-likeness (QED) is 0.804. The first-order valence-electron chi connectivity index (χ1n) is 6.09. The summed E-state index contributed by atoms with van der Waals surface area (Å²) < 4.78 is 22.8. The minimum absolute atomic E-state index is 0.0849.